The summed E-state index contributed by atoms with van der Waals surface area (Å²) < 4.78 is 6.71. The smallest absolute Gasteiger partial charge is 0.184 e. The molecule has 0 spiro atoms. The predicted molar refractivity (Wildman–Crippen MR) is 98.7 cm³/mol. The van der Waals surface area contributed by atoms with Crippen molar-refractivity contribution in [2.75, 3.05) is 0 Å². The molecule has 122 valence electrons. The molecular weight excluding hydrogens is 284 g/mol. The molecule has 2 rings (SSSR count). The van der Waals surface area contributed by atoms with Crippen molar-refractivity contribution in [2.24, 2.45) is 11.8 Å². The molecule has 0 radical (unpaired) electrons. The molecule has 2 heteroatoms. The molecule has 1 aliphatic carbocycles. The van der Waals surface area contributed by atoms with E-state index in [-0.39, 0.29) is 5.60 Å². The van der Waals surface area contributed by atoms with Gasteiger partial charge in [-0.25, -0.2) is 0 Å². The highest BCUT2D eigenvalue weighted by atomic mass is 28.4. The van der Waals surface area contributed by atoms with Crippen LogP contribution in [0.5, 0.6) is 0 Å². The molecule has 0 aromatic heterocycles. The van der Waals surface area contributed by atoms with E-state index in [0.717, 1.165) is 6.42 Å². The Morgan fingerprint density at radius 1 is 1.27 bits per heavy atom. The van der Waals surface area contributed by atoms with Crippen molar-refractivity contribution in [3.05, 3.63) is 48.6 Å². The van der Waals surface area contributed by atoms with Crippen LogP contribution in [-0.2, 0) is 4.43 Å². The Morgan fingerprint density at radius 3 is 2.41 bits per heavy atom. The fraction of sp³-hybridized carbons (Fsp3) is 0.600. The Balaban J connectivity index is 2.23. The Hall–Kier alpha value is -0.863. The topological polar surface area (TPSA) is 9.23 Å². The summed E-state index contributed by atoms with van der Waals surface area (Å²) >= 11 is 0. The van der Waals surface area contributed by atoms with Crippen molar-refractivity contribution < 1.29 is 4.43 Å². The molecule has 1 saturated carbocycles. The predicted octanol–water partition coefficient (Wildman–Crippen LogP) is 6.00. The Labute approximate surface area is 137 Å². The van der Waals surface area contributed by atoms with E-state index in [1.807, 2.05) is 0 Å². The molecule has 1 aliphatic rings. The summed E-state index contributed by atoms with van der Waals surface area (Å²) in [6.45, 7) is 15.5. The highest BCUT2D eigenvalue weighted by Gasteiger charge is 2.61. The van der Waals surface area contributed by atoms with Crippen molar-refractivity contribution in [3.63, 3.8) is 0 Å². The van der Waals surface area contributed by atoms with Crippen LogP contribution in [0.3, 0.4) is 0 Å². The average molecular weight is 317 g/mol. The summed E-state index contributed by atoms with van der Waals surface area (Å²) in [5.41, 5.74) is 1.57. The van der Waals surface area contributed by atoms with Crippen LogP contribution in [0.4, 0.5) is 0 Å². The van der Waals surface area contributed by atoms with Gasteiger partial charge in [-0.05, 0) is 62.2 Å². The minimum absolute atomic E-state index is 0.103. The number of benzene rings is 1. The van der Waals surface area contributed by atoms with Crippen LogP contribution < -0.4 is 0 Å². The molecule has 0 bridgehead atoms. The Kier molecular flexibility index (Phi) is 5.34. The normalized spacial score (nSPS) is 26.0. The van der Waals surface area contributed by atoms with Gasteiger partial charge in [-0.15, -0.1) is 6.58 Å². The molecule has 0 aliphatic heterocycles. The van der Waals surface area contributed by atoms with Crippen LogP contribution in [-0.4, -0.2) is 13.9 Å². The molecule has 3 unspecified atom stereocenters. The maximum Gasteiger partial charge on any atom is 0.184 e. The van der Waals surface area contributed by atoms with Crippen molar-refractivity contribution in [1.29, 1.82) is 0 Å². The zero-order valence-electron chi connectivity index (χ0n) is 14.9. The largest absolute Gasteiger partial charge is 0.412 e. The lowest BCUT2D eigenvalue weighted by atomic mass is 9.86. The quantitative estimate of drug-likeness (QED) is 0.422. The van der Waals surface area contributed by atoms with Gasteiger partial charge in [0, 0.05) is 0 Å². The van der Waals surface area contributed by atoms with Crippen LogP contribution in [0.15, 0.2) is 43.0 Å². The van der Waals surface area contributed by atoms with Crippen molar-refractivity contribution in [3.8, 4) is 0 Å². The third-order valence-electron chi connectivity index (χ3n) is 4.88. The number of allylic oxidation sites excluding steroid dienone is 1. The van der Waals surface area contributed by atoms with Crippen LogP contribution >= 0.6 is 0 Å². The van der Waals surface area contributed by atoms with Gasteiger partial charge in [-0.3, -0.25) is 0 Å². The van der Waals surface area contributed by atoms with E-state index in [0.29, 0.717) is 17.8 Å². The lowest BCUT2D eigenvalue weighted by molar-refractivity contribution is 0.0947. The van der Waals surface area contributed by atoms with Gasteiger partial charge >= 0.3 is 0 Å². The number of hydrogen-bond donors (Lipinski definition) is 0. The zero-order chi connectivity index (χ0) is 16.4. The number of hydrogen-bond acceptors (Lipinski definition) is 1. The lowest BCUT2D eigenvalue weighted by Crippen LogP contribution is -2.38. The first-order valence-electron chi connectivity index (χ1n) is 8.66. The van der Waals surface area contributed by atoms with Crippen LogP contribution in [0.25, 0.3) is 0 Å². The Morgan fingerprint density at radius 2 is 1.91 bits per heavy atom. The fourth-order valence-corrected chi connectivity index (χ4v) is 5.45. The highest BCUT2D eigenvalue weighted by molar-refractivity contribution is 6.69. The molecule has 1 nitrogen and oxygen atoms in total. The lowest BCUT2D eigenvalue weighted by Gasteiger charge is -2.33. The van der Waals surface area contributed by atoms with Gasteiger partial charge in [0.15, 0.2) is 8.32 Å². The van der Waals surface area contributed by atoms with Gasteiger partial charge in [0.2, 0.25) is 0 Å². The summed E-state index contributed by atoms with van der Waals surface area (Å²) in [4.78, 5) is 0. The first-order valence-corrected chi connectivity index (χ1v) is 12.1. The number of rotatable bonds is 8. The van der Waals surface area contributed by atoms with Crippen molar-refractivity contribution in [2.45, 2.75) is 64.3 Å². The van der Waals surface area contributed by atoms with Crippen LogP contribution in [0.1, 0.15) is 44.6 Å². The third-order valence-corrected chi connectivity index (χ3v) is 5.87. The second-order valence-electron chi connectivity index (χ2n) is 8.02. The van der Waals surface area contributed by atoms with Gasteiger partial charge in [-0.2, -0.15) is 0 Å². The van der Waals surface area contributed by atoms with Crippen molar-refractivity contribution >= 4 is 8.32 Å². The minimum atomic E-state index is -1.53. The summed E-state index contributed by atoms with van der Waals surface area (Å²) in [7, 11) is -1.53. The second kappa shape index (κ2) is 6.72. The van der Waals surface area contributed by atoms with Crippen LogP contribution in [0, 0.1) is 11.8 Å². The molecule has 0 amide bonds. The first-order chi connectivity index (χ1) is 10.3. The van der Waals surface area contributed by atoms with E-state index < -0.39 is 8.32 Å². The second-order valence-corrected chi connectivity index (χ2v) is 12.4. The Bertz CT molecular complexity index is 488. The van der Waals surface area contributed by atoms with Crippen LogP contribution in [0.2, 0.25) is 19.6 Å². The van der Waals surface area contributed by atoms with E-state index in [1.165, 1.54) is 18.4 Å². The van der Waals surface area contributed by atoms with Gasteiger partial charge in [0.25, 0.3) is 0 Å². The van der Waals surface area contributed by atoms with Gasteiger partial charge in [0.05, 0.1) is 5.60 Å². The molecule has 0 heterocycles. The maximum absolute atomic E-state index is 6.71. The third kappa shape index (κ3) is 3.91. The van der Waals surface area contributed by atoms with Gasteiger partial charge < -0.3 is 4.43 Å². The summed E-state index contributed by atoms with van der Waals surface area (Å²) in [5, 5.41) is 0. The summed E-state index contributed by atoms with van der Waals surface area (Å²) in [6, 6.07) is 11.0. The molecule has 22 heavy (non-hydrogen) atoms. The minimum Gasteiger partial charge on any atom is -0.412 e. The molecule has 0 N–H and O–H groups in total. The van der Waals surface area contributed by atoms with Crippen molar-refractivity contribution in [1.82, 2.24) is 0 Å². The first kappa shape index (κ1) is 17.5. The van der Waals surface area contributed by atoms with Gasteiger partial charge in [0.1, 0.15) is 0 Å². The average Bonchev–Trinajstić information content (AvgIpc) is 3.14. The molecule has 0 saturated heterocycles. The van der Waals surface area contributed by atoms with E-state index in [1.54, 1.807) is 0 Å². The van der Waals surface area contributed by atoms with E-state index in [4.69, 9.17) is 4.43 Å². The van der Waals surface area contributed by atoms with E-state index >= 15 is 0 Å². The highest BCUT2D eigenvalue weighted by Crippen LogP contribution is 2.60. The van der Waals surface area contributed by atoms with E-state index in [2.05, 4.69) is 76.5 Å². The van der Waals surface area contributed by atoms with Gasteiger partial charge in [-0.1, -0.05) is 50.3 Å². The molecule has 3 atom stereocenters. The molecule has 1 aromatic carbocycles. The van der Waals surface area contributed by atoms with E-state index in [9.17, 15) is 0 Å². The maximum atomic E-state index is 6.71. The summed E-state index contributed by atoms with van der Waals surface area (Å²) in [6.07, 6.45) is 5.53. The SMILES string of the molecule is C=CCCC(c1ccccc1)C1CC1(O[Si](C)(C)C)C(C)C. The fourth-order valence-electron chi connectivity index (χ4n) is 3.83. The molecule has 1 fully saturated rings. The molecular formula is C20H32OSi. The standard InChI is InChI=1S/C20H32OSi/c1-7-8-14-18(17-12-10-9-11-13-17)19-15-20(19,16(2)3)21-22(4,5)6/h7,9-13,16,18-19H,1,8,14-15H2,2-6H3. The molecule has 1 aromatic rings. The summed E-state index contributed by atoms with van der Waals surface area (Å²) in [5.74, 6) is 1.83. The monoisotopic (exact) mass is 316 g/mol. The zero-order valence-corrected chi connectivity index (χ0v) is 15.9.